The third-order valence-electron chi connectivity index (χ3n) is 3.68. The molecule has 0 unspecified atom stereocenters. The zero-order chi connectivity index (χ0) is 20.1. The van der Waals surface area contributed by atoms with Crippen LogP contribution in [-0.4, -0.2) is 28.5 Å². The number of ether oxygens (including phenoxy) is 1. The molecule has 0 atom stereocenters. The first kappa shape index (κ1) is 20.4. The fourth-order valence-corrected chi connectivity index (χ4v) is 3.45. The number of carbonyl (C=O) groups is 1. The zero-order valence-electron chi connectivity index (χ0n) is 14.7. The molecular formula is C19H15BrCl2N4O2. The van der Waals surface area contributed by atoms with E-state index in [1.165, 1.54) is 6.21 Å². The van der Waals surface area contributed by atoms with Gasteiger partial charge in [-0.1, -0.05) is 41.4 Å². The summed E-state index contributed by atoms with van der Waals surface area (Å²) in [7, 11) is 0. The number of carbonyl (C=O) groups excluding carboxylic acids is 1. The molecule has 3 aromatic rings. The van der Waals surface area contributed by atoms with E-state index in [0.717, 1.165) is 5.69 Å². The third-order valence-corrected chi connectivity index (χ3v) is 4.90. The summed E-state index contributed by atoms with van der Waals surface area (Å²) in [6, 6.07) is 14.5. The van der Waals surface area contributed by atoms with Crippen molar-refractivity contribution in [1.29, 1.82) is 0 Å². The number of nitrogens with one attached hydrogen (secondary N) is 1. The molecule has 1 N–H and O–H groups in total. The fourth-order valence-electron chi connectivity index (χ4n) is 2.33. The molecule has 0 saturated carbocycles. The SMILES string of the molecule is Cc1nn(-c2ccccc2)c(Cl)c1/C=N\NC(=O)COc1ccc(Cl)cc1Br. The van der Waals surface area contributed by atoms with E-state index in [9.17, 15) is 4.79 Å². The number of halogens is 3. The molecule has 1 aromatic heterocycles. The lowest BCUT2D eigenvalue weighted by Crippen LogP contribution is -2.24. The highest BCUT2D eigenvalue weighted by Gasteiger charge is 2.13. The minimum absolute atomic E-state index is 0.201. The van der Waals surface area contributed by atoms with E-state index in [1.807, 2.05) is 37.3 Å². The molecule has 3 rings (SSSR count). The van der Waals surface area contributed by atoms with Crippen LogP contribution >= 0.6 is 39.1 Å². The summed E-state index contributed by atoms with van der Waals surface area (Å²) in [5.41, 5.74) is 4.54. The van der Waals surface area contributed by atoms with Gasteiger partial charge in [0.05, 0.1) is 27.6 Å². The topological polar surface area (TPSA) is 68.5 Å². The summed E-state index contributed by atoms with van der Waals surface area (Å²) in [6.45, 7) is 1.61. The molecule has 9 heteroatoms. The van der Waals surface area contributed by atoms with E-state index >= 15 is 0 Å². The number of aromatic nitrogens is 2. The lowest BCUT2D eigenvalue weighted by atomic mass is 10.3. The maximum absolute atomic E-state index is 11.9. The van der Waals surface area contributed by atoms with Gasteiger partial charge in [-0.15, -0.1) is 0 Å². The summed E-state index contributed by atoms with van der Waals surface area (Å²) in [5, 5.41) is 9.33. The van der Waals surface area contributed by atoms with Crippen LogP contribution in [0.2, 0.25) is 10.2 Å². The molecule has 28 heavy (non-hydrogen) atoms. The molecular weight excluding hydrogens is 467 g/mol. The standard InChI is InChI=1S/C19H15BrCl2N4O2/c1-12-15(19(22)26(25-12)14-5-3-2-4-6-14)10-23-24-18(27)11-28-17-8-7-13(21)9-16(17)20/h2-10H,11H2,1H3,(H,24,27)/b23-10-. The highest BCUT2D eigenvalue weighted by molar-refractivity contribution is 9.10. The molecule has 0 spiro atoms. The Hall–Kier alpha value is -2.35. The molecule has 2 aromatic carbocycles. The number of hydrazone groups is 1. The molecule has 0 radical (unpaired) electrons. The van der Waals surface area contributed by atoms with E-state index in [4.69, 9.17) is 27.9 Å². The fraction of sp³-hybridized carbons (Fsp3) is 0.105. The lowest BCUT2D eigenvalue weighted by Gasteiger charge is -2.07. The number of para-hydroxylation sites is 1. The maximum atomic E-state index is 11.9. The quantitative estimate of drug-likeness (QED) is 0.407. The average Bonchev–Trinajstić information content (AvgIpc) is 2.96. The summed E-state index contributed by atoms with van der Waals surface area (Å²) in [6.07, 6.45) is 1.46. The number of hydrogen-bond donors (Lipinski definition) is 1. The molecule has 0 bridgehead atoms. The van der Waals surface area contributed by atoms with Gasteiger partial charge in [0.2, 0.25) is 0 Å². The van der Waals surface area contributed by atoms with Crippen molar-refractivity contribution in [3.63, 3.8) is 0 Å². The number of hydrogen-bond acceptors (Lipinski definition) is 4. The van der Waals surface area contributed by atoms with E-state index < -0.39 is 5.91 Å². The summed E-state index contributed by atoms with van der Waals surface area (Å²) in [5.74, 6) is 0.0916. The van der Waals surface area contributed by atoms with Gasteiger partial charge in [-0.05, 0) is 53.2 Å². The molecule has 0 aliphatic carbocycles. The Balaban J connectivity index is 1.61. The summed E-state index contributed by atoms with van der Waals surface area (Å²) >= 11 is 15.6. The van der Waals surface area contributed by atoms with Crippen LogP contribution in [0.3, 0.4) is 0 Å². The normalized spacial score (nSPS) is 11.0. The van der Waals surface area contributed by atoms with Gasteiger partial charge < -0.3 is 4.74 Å². The van der Waals surface area contributed by atoms with Crippen molar-refractivity contribution in [2.45, 2.75) is 6.92 Å². The van der Waals surface area contributed by atoms with Crippen molar-refractivity contribution in [2.24, 2.45) is 5.10 Å². The van der Waals surface area contributed by atoms with Crippen molar-refractivity contribution in [1.82, 2.24) is 15.2 Å². The maximum Gasteiger partial charge on any atom is 0.277 e. The lowest BCUT2D eigenvalue weighted by molar-refractivity contribution is -0.123. The molecule has 144 valence electrons. The van der Waals surface area contributed by atoms with Gasteiger partial charge in [-0.3, -0.25) is 4.79 Å². The van der Waals surface area contributed by atoms with Crippen LogP contribution in [0, 0.1) is 6.92 Å². The Morgan fingerprint density at radius 1 is 1.29 bits per heavy atom. The van der Waals surface area contributed by atoms with Gasteiger partial charge in [-0.2, -0.15) is 10.2 Å². The van der Waals surface area contributed by atoms with Crippen molar-refractivity contribution < 1.29 is 9.53 Å². The number of nitrogens with zero attached hydrogens (tertiary/aromatic N) is 3. The molecule has 6 nitrogen and oxygen atoms in total. The van der Waals surface area contributed by atoms with Gasteiger partial charge in [0.25, 0.3) is 5.91 Å². The molecule has 1 heterocycles. The van der Waals surface area contributed by atoms with Crippen molar-refractivity contribution >= 4 is 51.3 Å². The van der Waals surface area contributed by atoms with Crippen LogP contribution in [0.15, 0.2) is 58.1 Å². The zero-order valence-corrected chi connectivity index (χ0v) is 17.8. The predicted octanol–water partition coefficient (Wildman–Crippen LogP) is 4.78. The first-order valence-electron chi connectivity index (χ1n) is 8.16. The highest BCUT2D eigenvalue weighted by Crippen LogP contribution is 2.27. The predicted molar refractivity (Wildman–Crippen MR) is 114 cm³/mol. The highest BCUT2D eigenvalue weighted by atomic mass is 79.9. The molecule has 0 fully saturated rings. The van der Waals surface area contributed by atoms with E-state index in [-0.39, 0.29) is 6.61 Å². The Morgan fingerprint density at radius 3 is 2.75 bits per heavy atom. The van der Waals surface area contributed by atoms with Crippen LogP contribution in [-0.2, 0) is 4.79 Å². The summed E-state index contributed by atoms with van der Waals surface area (Å²) in [4.78, 5) is 11.9. The number of amides is 1. The van der Waals surface area contributed by atoms with Gasteiger partial charge in [0.15, 0.2) is 6.61 Å². The molecule has 0 aliphatic heterocycles. The first-order valence-corrected chi connectivity index (χ1v) is 9.71. The van der Waals surface area contributed by atoms with Crippen molar-refractivity contribution in [2.75, 3.05) is 6.61 Å². The van der Waals surface area contributed by atoms with E-state index in [2.05, 4.69) is 31.6 Å². The number of benzene rings is 2. The van der Waals surface area contributed by atoms with Crippen LogP contribution < -0.4 is 10.2 Å². The number of rotatable bonds is 6. The Morgan fingerprint density at radius 2 is 2.04 bits per heavy atom. The Bertz CT molecular complexity index is 1020. The van der Waals surface area contributed by atoms with Crippen LogP contribution in [0.1, 0.15) is 11.3 Å². The first-order chi connectivity index (χ1) is 13.5. The minimum atomic E-state index is -0.415. The largest absolute Gasteiger partial charge is 0.483 e. The van der Waals surface area contributed by atoms with Crippen LogP contribution in [0.4, 0.5) is 0 Å². The van der Waals surface area contributed by atoms with Gasteiger partial charge in [-0.25, -0.2) is 10.1 Å². The second-order valence-corrected chi connectivity index (χ2v) is 7.34. The monoisotopic (exact) mass is 480 g/mol. The van der Waals surface area contributed by atoms with Gasteiger partial charge in [0, 0.05) is 5.02 Å². The Kier molecular flexibility index (Phi) is 6.72. The third kappa shape index (κ3) is 4.92. The van der Waals surface area contributed by atoms with Crippen molar-refractivity contribution in [3.8, 4) is 11.4 Å². The Labute approximate surface area is 180 Å². The number of aryl methyl sites for hydroxylation is 1. The second kappa shape index (κ2) is 9.23. The second-order valence-electron chi connectivity index (χ2n) is 5.69. The molecule has 1 amide bonds. The minimum Gasteiger partial charge on any atom is -0.483 e. The van der Waals surface area contributed by atoms with Gasteiger partial charge >= 0.3 is 0 Å². The molecule has 0 aliphatic rings. The molecule has 0 saturated heterocycles. The van der Waals surface area contributed by atoms with E-state index in [1.54, 1.807) is 22.9 Å². The van der Waals surface area contributed by atoms with Crippen LogP contribution in [0.25, 0.3) is 5.69 Å². The smallest absolute Gasteiger partial charge is 0.277 e. The van der Waals surface area contributed by atoms with Crippen LogP contribution in [0.5, 0.6) is 5.75 Å². The van der Waals surface area contributed by atoms with Gasteiger partial charge in [0.1, 0.15) is 10.9 Å². The van der Waals surface area contributed by atoms with E-state index in [0.29, 0.717) is 31.7 Å². The average molecular weight is 482 g/mol. The van der Waals surface area contributed by atoms with Crippen molar-refractivity contribution in [3.05, 3.63) is 74.4 Å². The summed E-state index contributed by atoms with van der Waals surface area (Å²) < 4.78 is 7.70.